The van der Waals surface area contributed by atoms with Gasteiger partial charge in [-0.25, -0.2) is 0 Å². The Morgan fingerprint density at radius 1 is 1.37 bits per heavy atom. The fourth-order valence-corrected chi connectivity index (χ4v) is 2.51. The molecule has 0 aromatic carbocycles. The van der Waals surface area contributed by atoms with Crippen LogP contribution in [-0.2, 0) is 19.1 Å². The van der Waals surface area contributed by atoms with Crippen LogP contribution in [0.3, 0.4) is 0 Å². The molecule has 1 aliphatic carbocycles. The van der Waals surface area contributed by atoms with Gasteiger partial charge in [0, 0.05) is 19.6 Å². The van der Waals surface area contributed by atoms with E-state index in [1.807, 2.05) is 0 Å². The second-order valence-electron chi connectivity index (χ2n) is 5.65. The van der Waals surface area contributed by atoms with E-state index in [0.29, 0.717) is 45.0 Å². The molecule has 0 aromatic heterocycles. The van der Waals surface area contributed by atoms with Gasteiger partial charge in [0.1, 0.15) is 11.2 Å². The first-order chi connectivity index (χ1) is 9.03. The highest BCUT2D eigenvalue weighted by atomic mass is 16.5. The number of hydrogen-bond acceptors (Lipinski definition) is 4. The normalized spacial score (nSPS) is 23.7. The van der Waals surface area contributed by atoms with E-state index in [1.165, 1.54) is 0 Å². The van der Waals surface area contributed by atoms with E-state index in [9.17, 15) is 9.59 Å². The first kappa shape index (κ1) is 16.2. The lowest BCUT2D eigenvalue weighted by Gasteiger charge is -2.33. The second-order valence-corrected chi connectivity index (χ2v) is 5.65. The van der Waals surface area contributed by atoms with E-state index in [1.54, 1.807) is 6.92 Å². The van der Waals surface area contributed by atoms with E-state index in [2.05, 4.69) is 13.8 Å². The largest absolute Gasteiger partial charge is 0.465 e. The third-order valence-electron chi connectivity index (χ3n) is 3.58. The summed E-state index contributed by atoms with van der Waals surface area (Å²) in [6, 6.07) is 0. The van der Waals surface area contributed by atoms with Crippen LogP contribution in [-0.4, -0.2) is 31.6 Å². The summed E-state index contributed by atoms with van der Waals surface area (Å²) in [7, 11) is 0. The van der Waals surface area contributed by atoms with Crippen LogP contribution in [0, 0.1) is 11.3 Å². The Bertz CT molecular complexity index is 311. The second kappa shape index (κ2) is 7.63. The number of ether oxygens (including phenoxy) is 2. The van der Waals surface area contributed by atoms with E-state index < -0.39 is 5.41 Å². The van der Waals surface area contributed by atoms with Gasteiger partial charge in [-0.05, 0) is 32.1 Å². The van der Waals surface area contributed by atoms with Crippen LogP contribution in [0.2, 0.25) is 0 Å². The molecule has 1 fully saturated rings. The molecular weight excluding hydrogens is 244 g/mol. The lowest BCUT2D eigenvalue weighted by Crippen LogP contribution is -2.43. The van der Waals surface area contributed by atoms with Gasteiger partial charge in [0.15, 0.2) is 0 Å². The number of carbonyl (C=O) groups excluding carboxylic acids is 2. The minimum Gasteiger partial charge on any atom is -0.465 e. The van der Waals surface area contributed by atoms with Crippen molar-refractivity contribution in [1.29, 1.82) is 0 Å². The van der Waals surface area contributed by atoms with Crippen molar-refractivity contribution in [3.63, 3.8) is 0 Å². The molecule has 0 amide bonds. The fourth-order valence-electron chi connectivity index (χ4n) is 2.51. The van der Waals surface area contributed by atoms with Gasteiger partial charge in [0.2, 0.25) is 0 Å². The van der Waals surface area contributed by atoms with Gasteiger partial charge in [-0.1, -0.05) is 20.3 Å². The number of carbonyl (C=O) groups is 2. The highest BCUT2D eigenvalue weighted by molar-refractivity contribution is 6.04. The molecule has 4 heteroatoms. The van der Waals surface area contributed by atoms with Crippen LogP contribution < -0.4 is 0 Å². The average molecular weight is 270 g/mol. The van der Waals surface area contributed by atoms with Crippen molar-refractivity contribution in [2.24, 2.45) is 11.3 Å². The first-order valence-corrected chi connectivity index (χ1v) is 7.31. The Kier molecular flexibility index (Phi) is 6.49. The summed E-state index contributed by atoms with van der Waals surface area (Å²) in [6.45, 7) is 7.35. The van der Waals surface area contributed by atoms with Crippen LogP contribution in [0.4, 0.5) is 0 Å². The number of esters is 1. The molecule has 0 N–H and O–H groups in total. The SMILES string of the molecule is CCOC(=O)C1(CCOCC(C)C)CCCCC1=O. The maximum Gasteiger partial charge on any atom is 0.319 e. The zero-order chi connectivity index (χ0) is 14.3. The molecule has 0 aromatic rings. The predicted molar refractivity (Wildman–Crippen MR) is 72.8 cm³/mol. The van der Waals surface area contributed by atoms with Crippen LogP contribution in [0.5, 0.6) is 0 Å². The van der Waals surface area contributed by atoms with Crippen LogP contribution in [0.15, 0.2) is 0 Å². The molecule has 1 rings (SSSR count). The van der Waals surface area contributed by atoms with Gasteiger partial charge in [-0.2, -0.15) is 0 Å². The third kappa shape index (κ3) is 4.30. The summed E-state index contributed by atoms with van der Waals surface area (Å²) < 4.78 is 10.7. The van der Waals surface area contributed by atoms with Crippen molar-refractivity contribution in [2.45, 2.75) is 52.9 Å². The van der Waals surface area contributed by atoms with Crippen molar-refractivity contribution in [2.75, 3.05) is 19.8 Å². The molecule has 1 aliphatic rings. The maximum atomic E-state index is 12.2. The molecule has 1 unspecified atom stereocenters. The summed E-state index contributed by atoms with van der Waals surface area (Å²) >= 11 is 0. The summed E-state index contributed by atoms with van der Waals surface area (Å²) in [4.78, 5) is 24.4. The van der Waals surface area contributed by atoms with E-state index >= 15 is 0 Å². The highest BCUT2D eigenvalue weighted by Crippen LogP contribution is 2.37. The fraction of sp³-hybridized carbons (Fsp3) is 0.867. The van der Waals surface area contributed by atoms with Crippen molar-refractivity contribution < 1.29 is 19.1 Å². The van der Waals surface area contributed by atoms with Gasteiger partial charge in [-0.15, -0.1) is 0 Å². The molecule has 0 radical (unpaired) electrons. The quantitative estimate of drug-likeness (QED) is 0.405. The third-order valence-corrected chi connectivity index (χ3v) is 3.58. The van der Waals surface area contributed by atoms with Crippen molar-refractivity contribution in [3.8, 4) is 0 Å². The lowest BCUT2D eigenvalue weighted by atomic mass is 9.71. The smallest absolute Gasteiger partial charge is 0.319 e. The predicted octanol–water partition coefficient (Wildman–Crippen LogP) is 2.74. The average Bonchev–Trinajstić information content (AvgIpc) is 2.37. The highest BCUT2D eigenvalue weighted by Gasteiger charge is 2.47. The Balaban J connectivity index is 2.64. The number of ketones is 1. The molecule has 0 spiro atoms. The van der Waals surface area contributed by atoms with Crippen molar-refractivity contribution in [1.82, 2.24) is 0 Å². The summed E-state index contributed by atoms with van der Waals surface area (Å²) in [6.07, 6.45) is 3.34. The maximum absolute atomic E-state index is 12.2. The molecule has 4 nitrogen and oxygen atoms in total. The Morgan fingerprint density at radius 3 is 2.68 bits per heavy atom. The van der Waals surface area contributed by atoms with Crippen molar-refractivity contribution >= 4 is 11.8 Å². The topological polar surface area (TPSA) is 52.6 Å². The van der Waals surface area contributed by atoms with Gasteiger partial charge in [0.05, 0.1) is 6.61 Å². The van der Waals surface area contributed by atoms with Gasteiger partial charge >= 0.3 is 5.97 Å². The van der Waals surface area contributed by atoms with E-state index in [0.717, 1.165) is 12.8 Å². The summed E-state index contributed by atoms with van der Waals surface area (Å²) in [5.41, 5.74) is -0.939. The number of hydrogen-bond donors (Lipinski definition) is 0. The first-order valence-electron chi connectivity index (χ1n) is 7.31. The van der Waals surface area contributed by atoms with Crippen LogP contribution in [0.1, 0.15) is 52.9 Å². The minimum atomic E-state index is -0.939. The number of Topliss-reactive ketones (excluding diaryl/α,β-unsaturated/α-hetero) is 1. The monoisotopic (exact) mass is 270 g/mol. The molecule has 1 atom stereocenters. The molecule has 1 saturated carbocycles. The zero-order valence-electron chi connectivity index (χ0n) is 12.4. The summed E-state index contributed by atoms with van der Waals surface area (Å²) in [5, 5.41) is 0. The zero-order valence-corrected chi connectivity index (χ0v) is 12.4. The molecular formula is C15H26O4. The van der Waals surface area contributed by atoms with Crippen molar-refractivity contribution in [3.05, 3.63) is 0 Å². The van der Waals surface area contributed by atoms with Gasteiger partial charge in [-0.3, -0.25) is 9.59 Å². The van der Waals surface area contributed by atoms with E-state index in [4.69, 9.17) is 9.47 Å². The van der Waals surface area contributed by atoms with Crippen LogP contribution >= 0.6 is 0 Å². The molecule has 110 valence electrons. The summed E-state index contributed by atoms with van der Waals surface area (Å²) in [5.74, 6) is 0.138. The molecule has 0 bridgehead atoms. The van der Waals surface area contributed by atoms with Gasteiger partial charge < -0.3 is 9.47 Å². The van der Waals surface area contributed by atoms with Gasteiger partial charge in [0.25, 0.3) is 0 Å². The molecule has 0 saturated heterocycles. The Morgan fingerprint density at radius 2 is 2.11 bits per heavy atom. The molecule has 0 heterocycles. The minimum absolute atomic E-state index is 0.0327. The Hall–Kier alpha value is -0.900. The number of rotatable bonds is 7. The van der Waals surface area contributed by atoms with E-state index in [-0.39, 0.29) is 11.8 Å². The standard InChI is InChI=1S/C15H26O4/c1-4-19-14(17)15(8-6-5-7-13(15)16)9-10-18-11-12(2)3/h12H,4-11H2,1-3H3. The molecule has 19 heavy (non-hydrogen) atoms. The lowest BCUT2D eigenvalue weighted by molar-refractivity contribution is -0.163. The van der Waals surface area contributed by atoms with Crippen LogP contribution in [0.25, 0.3) is 0 Å². The molecule has 0 aliphatic heterocycles. The Labute approximate surface area is 115 Å².